The molecular weight excluding hydrogens is 290 g/mol. The van der Waals surface area contributed by atoms with Crippen LogP contribution in [0.1, 0.15) is 5.56 Å². The minimum Gasteiger partial charge on any atom is -0.326 e. The van der Waals surface area contributed by atoms with Crippen molar-refractivity contribution in [3.05, 3.63) is 72.3 Å². The zero-order valence-corrected chi connectivity index (χ0v) is 13.2. The molecule has 1 amide bonds. The van der Waals surface area contributed by atoms with Gasteiger partial charge in [-0.1, -0.05) is 42.5 Å². The summed E-state index contributed by atoms with van der Waals surface area (Å²) in [5.41, 5.74) is 1.86. The lowest BCUT2D eigenvalue weighted by Crippen LogP contribution is -2.14. The summed E-state index contributed by atoms with van der Waals surface area (Å²) >= 11 is 1.69. The maximum atomic E-state index is 12.2. The molecule has 0 heterocycles. The van der Waals surface area contributed by atoms with Crippen LogP contribution >= 0.6 is 11.8 Å². The molecule has 3 aromatic carbocycles. The van der Waals surface area contributed by atoms with Crippen LogP contribution in [0.15, 0.2) is 71.6 Å². The van der Waals surface area contributed by atoms with Gasteiger partial charge in [0, 0.05) is 10.6 Å². The fourth-order valence-electron chi connectivity index (χ4n) is 2.41. The second kappa shape index (κ2) is 6.67. The van der Waals surface area contributed by atoms with E-state index in [1.165, 1.54) is 10.3 Å². The van der Waals surface area contributed by atoms with Crippen molar-refractivity contribution in [2.45, 2.75) is 11.3 Å². The van der Waals surface area contributed by atoms with Gasteiger partial charge in [0.05, 0.1) is 6.42 Å². The van der Waals surface area contributed by atoms with E-state index in [1.807, 2.05) is 48.7 Å². The van der Waals surface area contributed by atoms with Crippen molar-refractivity contribution in [1.29, 1.82) is 0 Å². The Bertz CT molecular complexity index is 796. The number of nitrogens with one attached hydrogen (secondary N) is 1. The lowest BCUT2D eigenvalue weighted by Gasteiger charge is -2.07. The van der Waals surface area contributed by atoms with Crippen LogP contribution in [0.4, 0.5) is 5.69 Å². The van der Waals surface area contributed by atoms with Gasteiger partial charge in [-0.05, 0) is 46.9 Å². The second-order valence-electron chi connectivity index (χ2n) is 5.13. The van der Waals surface area contributed by atoms with Gasteiger partial charge in [-0.2, -0.15) is 0 Å². The Kier molecular flexibility index (Phi) is 4.45. The van der Waals surface area contributed by atoms with E-state index in [-0.39, 0.29) is 5.91 Å². The Morgan fingerprint density at radius 3 is 2.41 bits per heavy atom. The van der Waals surface area contributed by atoms with E-state index in [0.717, 1.165) is 16.6 Å². The van der Waals surface area contributed by atoms with Crippen molar-refractivity contribution >= 4 is 34.1 Å². The molecule has 0 spiro atoms. The number of fused-ring (bicyclic) bond motifs is 1. The van der Waals surface area contributed by atoms with Crippen LogP contribution in [-0.2, 0) is 11.2 Å². The van der Waals surface area contributed by atoms with Crippen molar-refractivity contribution < 1.29 is 4.79 Å². The third kappa shape index (κ3) is 3.49. The molecule has 110 valence electrons. The normalized spacial score (nSPS) is 10.6. The highest BCUT2D eigenvalue weighted by Gasteiger charge is 2.05. The van der Waals surface area contributed by atoms with E-state index in [2.05, 4.69) is 29.6 Å². The van der Waals surface area contributed by atoms with E-state index in [0.29, 0.717) is 6.42 Å². The van der Waals surface area contributed by atoms with Gasteiger partial charge in [0.2, 0.25) is 5.91 Å². The lowest BCUT2D eigenvalue weighted by atomic mass is 10.0. The molecule has 0 aromatic heterocycles. The van der Waals surface area contributed by atoms with Crippen LogP contribution in [0.3, 0.4) is 0 Å². The first-order chi connectivity index (χ1) is 10.7. The average Bonchev–Trinajstić information content (AvgIpc) is 2.55. The molecule has 3 aromatic rings. The molecule has 0 saturated carbocycles. The maximum absolute atomic E-state index is 12.2. The molecule has 0 saturated heterocycles. The molecule has 2 nitrogen and oxygen atoms in total. The summed E-state index contributed by atoms with van der Waals surface area (Å²) in [6, 6.07) is 22.2. The molecular formula is C19H17NOS. The smallest absolute Gasteiger partial charge is 0.228 e. The van der Waals surface area contributed by atoms with Gasteiger partial charge in [0.1, 0.15) is 0 Å². The third-order valence-corrected chi connectivity index (χ3v) is 4.30. The van der Waals surface area contributed by atoms with Gasteiger partial charge in [0.15, 0.2) is 0 Å². The summed E-state index contributed by atoms with van der Waals surface area (Å²) in [4.78, 5) is 13.3. The Hall–Kier alpha value is -2.26. The number of anilines is 1. The number of amides is 1. The number of hydrogen-bond donors (Lipinski definition) is 1. The number of carbonyl (C=O) groups is 1. The van der Waals surface area contributed by atoms with E-state index < -0.39 is 0 Å². The first kappa shape index (κ1) is 14.7. The molecule has 0 unspecified atom stereocenters. The zero-order chi connectivity index (χ0) is 15.4. The predicted octanol–water partition coefficient (Wildman–Crippen LogP) is 4.74. The van der Waals surface area contributed by atoms with E-state index in [1.54, 1.807) is 11.8 Å². The molecule has 22 heavy (non-hydrogen) atoms. The number of hydrogen-bond acceptors (Lipinski definition) is 2. The molecule has 0 atom stereocenters. The molecule has 0 aliphatic carbocycles. The molecule has 0 fully saturated rings. The minimum absolute atomic E-state index is 0.00665. The lowest BCUT2D eigenvalue weighted by molar-refractivity contribution is -0.115. The van der Waals surface area contributed by atoms with Gasteiger partial charge in [-0.15, -0.1) is 11.8 Å². The summed E-state index contributed by atoms with van der Waals surface area (Å²) in [6.45, 7) is 0. The van der Waals surface area contributed by atoms with Crippen LogP contribution in [0, 0.1) is 0 Å². The van der Waals surface area contributed by atoms with E-state index in [9.17, 15) is 4.79 Å². The molecule has 0 aliphatic rings. The number of rotatable bonds is 4. The molecule has 3 rings (SSSR count). The number of thioether (sulfide) groups is 1. The molecule has 3 heteroatoms. The van der Waals surface area contributed by atoms with Crippen LogP contribution in [-0.4, -0.2) is 12.2 Å². The first-order valence-corrected chi connectivity index (χ1v) is 8.39. The summed E-state index contributed by atoms with van der Waals surface area (Å²) in [5, 5.41) is 5.30. The fraction of sp³-hybridized carbons (Fsp3) is 0.105. The maximum Gasteiger partial charge on any atom is 0.228 e. The zero-order valence-electron chi connectivity index (χ0n) is 12.4. The highest BCUT2D eigenvalue weighted by Crippen LogP contribution is 2.19. The highest BCUT2D eigenvalue weighted by molar-refractivity contribution is 7.98. The molecule has 1 N–H and O–H groups in total. The third-order valence-electron chi connectivity index (χ3n) is 3.55. The quantitative estimate of drug-likeness (QED) is 0.705. The number of carbonyl (C=O) groups excluding carboxylic acids is 1. The predicted molar refractivity (Wildman–Crippen MR) is 94.5 cm³/mol. The Labute approximate surface area is 134 Å². The summed E-state index contributed by atoms with van der Waals surface area (Å²) in [7, 11) is 0. The SMILES string of the molecule is CSc1ccc(NC(=O)Cc2ccc3ccccc3c2)cc1. The highest BCUT2D eigenvalue weighted by atomic mass is 32.2. The molecule has 0 aliphatic heterocycles. The molecule has 0 radical (unpaired) electrons. The van der Waals surface area contributed by atoms with Crippen molar-refractivity contribution in [3.8, 4) is 0 Å². The number of benzene rings is 3. The van der Waals surface area contributed by atoms with Gasteiger partial charge < -0.3 is 5.32 Å². The minimum atomic E-state index is 0.00665. The molecule has 0 bridgehead atoms. The van der Waals surface area contributed by atoms with Crippen molar-refractivity contribution in [2.75, 3.05) is 11.6 Å². The van der Waals surface area contributed by atoms with E-state index in [4.69, 9.17) is 0 Å². The van der Waals surface area contributed by atoms with Crippen molar-refractivity contribution in [2.24, 2.45) is 0 Å². The van der Waals surface area contributed by atoms with E-state index >= 15 is 0 Å². The topological polar surface area (TPSA) is 29.1 Å². The van der Waals surface area contributed by atoms with Gasteiger partial charge >= 0.3 is 0 Å². The van der Waals surface area contributed by atoms with Crippen LogP contribution in [0.5, 0.6) is 0 Å². The van der Waals surface area contributed by atoms with Gasteiger partial charge in [-0.25, -0.2) is 0 Å². The summed E-state index contributed by atoms with van der Waals surface area (Å²) < 4.78 is 0. The van der Waals surface area contributed by atoms with Gasteiger partial charge in [0.25, 0.3) is 0 Å². The van der Waals surface area contributed by atoms with Gasteiger partial charge in [-0.3, -0.25) is 4.79 Å². The van der Waals surface area contributed by atoms with Crippen LogP contribution in [0.25, 0.3) is 10.8 Å². The Balaban J connectivity index is 1.69. The van der Waals surface area contributed by atoms with Crippen LogP contribution in [0.2, 0.25) is 0 Å². The van der Waals surface area contributed by atoms with Crippen molar-refractivity contribution in [1.82, 2.24) is 0 Å². The standard InChI is InChI=1S/C19H17NOS/c1-22-18-10-8-17(9-11-18)20-19(21)13-14-6-7-15-4-2-3-5-16(15)12-14/h2-12H,13H2,1H3,(H,20,21). The Morgan fingerprint density at radius 2 is 1.68 bits per heavy atom. The monoisotopic (exact) mass is 307 g/mol. The first-order valence-electron chi connectivity index (χ1n) is 7.16. The Morgan fingerprint density at radius 1 is 0.955 bits per heavy atom. The largest absolute Gasteiger partial charge is 0.326 e. The van der Waals surface area contributed by atoms with Crippen LogP contribution < -0.4 is 5.32 Å². The summed E-state index contributed by atoms with van der Waals surface area (Å²) in [6.07, 6.45) is 2.42. The van der Waals surface area contributed by atoms with Crippen molar-refractivity contribution in [3.63, 3.8) is 0 Å². The average molecular weight is 307 g/mol. The summed E-state index contributed by atoms with van der Waals surface area (Å²) in [5.74, 6) is 0.00665. The second-order valence-corrected chi connectivity index (χ2v) is 6.01. The fourth-order valence-corrected chi connectivity index (χ4v) is 2.82.